The second-order valence-corrected chi connectivity index (χ2v) is 25.2. The molecule has 27 heteroatoms. The lowest BCUT2D eigenvalue weighted by Crippen LogP contribution is -2.51. The molecule has 0 radical (unpaired) electrons. The topological polar surface area (TPSA) is 295 Å². The van der Waals surface area contributed by atoms with Crippen molar-refractivity contribution in [2.24, 2.45) is 16.8 Å². The Kier molecular flexibility index (Phi) is 36.3. The standard InChI is InChI=1S/C74H104N6O21.CH4/c1-10-69(83)75-19-23-92-25-27-94-29-31-96-33-35-98-37-36-97-34-32-95-30-28-93-26-24-91-22-18-57(81)41-58(50(2)3)70(84)77-53(6)64(82)40-54-14-16-55(17-15-54)49-101-74(87)80-62-45-68(66(89-8)43-60(62)72(86)79-48-52(5)39-63(79)73(80)90-9)100-21-13-11-12-20-99-67-44-61-59(42-65(67)88-7)71(85)78-47-51(4)38-56(78)46-76-61;/h14-17,42-48,50,53,56,58,63,73H,10-13,18-41,49H2,1-9H3,(H,75,83)(H,77,84);1H4/t53-,56-,58-,63-,73-;/m0./s1. The number of carbonyl (C=O) groups excluding carboxylic acids is 7. The minimum atomic E-state index is -0.957. The van der Waals surface area contributed by atoms with E-state index in [1.54, 1.807) is 84.6 Å². The Hall–Kier alpha value is -7.86. The third-order valence-corrected chi connectivity index (χ3v) is 17.2. The molecule has 4 aliphatic rings. The van der Waals surface area contributed by atoms with Gasteiger partial charge in [-0.3, -0.25) is 33.8 Å². The molecule has 5 amide bonds. The van der Waals surface area contributed by atoms with Crippen LogP contribution < -0.4 is 34.5 Å². The second kappa shape index (κ2) is 44.6. The monoisotopic (exact) mass is 1430 g/mol. The van der Waals surface area contributed by atoms with Crippen molar-refractivity contribution in [1.82, 2.24) is 20.4 Å². The molecular weight excluding hydrogens is 1320 g/mol. The van der Waals surface area contributed by atoms with Crippen LogP contribution in [-0.4, -0.2) is 228 Å². The molecule has 0 aliphatic carbocycles. The molecule has 3 aromatic carbocycles. The van der Waals surface area contributed by atoms with Gasteiger partial charge in [-0.2, -0.15) is 0 Å². The molecule has 0 bridgehead atoms. The van der Waals surface area contributed by atoms with E-state index in [-0.39, 0.29) is 112 Å². The highest BCUT2D eigenvalue weighted by Crippen LogP contribution is 2.43. The Morgan fingerprint density at radius 1 is 0.598 bits per heavy atom. The van der Waals surface area contributed by atoms with Gasteiger partial charge in [0.1, 0.15) is 12.4 Å². The molecule has 27 nitrogen and oxygen atoms in total. The number of ether oxygens (including phenoxy) is 14. The normalized spacial score (nSPS) is 16.5. The summed E-state index contributed by atoms with van der Waals surface area (Å²) in [5, 5.41) is 5.57. The van der Waals surface area contributed by atoms with Crippen LogP contribution in [0.2, 0.25) is 0 Å². The molecule has 4 aliphatic heterocycles. The van der Waals surface area contributed by atoms with Crippen LogP contribution >= 0.6 is 0 Å². The molecule has 102 heavy (non-hydrogen) atoms. The van der Waals surface area contributed by atoms with E-state index in [2.05, 4.69) is 15.6 Å². The largest absolute Gasteiger partial charge is 0.493 e. The number of amides is 5. The minimum Gasteiger partial charge on any atom is -0.493 e. The highest BCUT2D eigenvalue weighted by atomic mass is 16.6. The number of anilines is 1. The zero-order chi connectivity index (χ0) is 72.5. The van der Waals surface area contributed by atoms with E-state index in [4.69, 9.17) is 66.3 Å². The van der Waals surface area contributed by atoms with Crippen molar-refractivity contribution in [3.8, 4) is 23.0 Å². The number of rotatable bonds is 49. The third kappa shape index (κ3) is 25.8. The summed E-state index contributed by atoms with van der Waals surface area (Å²) in [5.74, 6) is -0.520. The van der Waals surface area contributed by atoms with Crippen molar-refractivity contribution in [3.05, 3.63) is 94.3 Å². The summed E-state index contributed by atoms with van der Waals surface area (Å²) in [4.78, 5) is 103. The number of nitrogens with one attached hydrogen (secondary N) is 2. The first kappa shape index (κ1) is 83.1. The van der Waals surface area contributed by atoms with Crippen LogP contribution in [0, 0.1) is 11.8 Å². The van der Waals surface area contributed by atoms with E-state index in [9.17, 15) is 33.6 Å². The van der Waals surface area contributed by atoms with Crippen LogP contribution in [0.1, 0.15) is 132 Å². The summed E-state index contributed by atoms with van der Waals surface area (Å²) in [6, 6.07) is 12.1. The van der Waals surface area contributed by atoms with Gasteiger partial charge in [0.05, 0.1) is 174 Å². The summed E-state index contributed by atoms with van der Waals surface area (Å²) >= 11 is 0. The van der Waals surface area contributed by atoms with E-state index >= 15 is 0 Å². The smallest absolute Gasteiger partial charge is 0.416 e. The van der Waals surface area contributed by atoms with Crippen molar-refractivity contribution >= 4 is 58.9 Å². The van der Waals surface area contributed by atoms with Gasteiger partial charge in [-0.25, -0.2) is 9.69 Å². The Balaban J connectivity index is 0.0000164. The first-order chi connectivity index (χ1) is 48.9. The SMILES string of the molecule is C.CCC(=O)NCCOCCOCCOCCOCCOCCOCCOCCOCCC(=O)C[C@H](C(=O)N[C@@H](C)C(=O)Cc1ccc(COC(=O)N2c3cc(OCCCCCOc4cc5c(cc4OC)C(=O)N4C=C(C)C[C@H]4C=N5)c(OC)cc3C(=O)N3C=C(C)C[C@H]3[C@@H]2OC)cc1)C(C)C. The number of ketones is 2. The summed E-state index contributed by atoms with van der Waals surface area (Å²) in [5.41, 5.74) is 4.72. The number of aliphatic imine (C=N–C) groups is 1. The lowest BCUT2D eigenvalue weighted by Gasteiger charge is -2.34. The lowest BCUT2D eigenvalue weighted by molar-refractivity contribution is -0.133. The van der Waals surface area contributed by atoms with Crippen LogP contribution in [0.3, 0.4) is 0 Å². The number of carbonyl (C=O) groups is 7. The molecule has 0 aromatic heterocycles. The third-order valence-electron chi connectivity index (χ3n) is 17.2. The molecule has 564 valence electrons. The number of fused-ring (bicyclic) bond motifs is 4. The van der Waals surface area contributed by atoms with Crippen LogP contribution in [0.4, 0.5) is 16.2 Å². The fourth-order valence-corrected chi connectivity index (χ4v) is 11.6. The van der Waals surface area contributed by atoms with Gasteiger partial charge in [-0.1, -0.05) is 63.6 Å². The van der Waals surface area contributed by atoms with Gasteiger partial charge in [-0.05, 0) is 82.1 Å². The first-order valence-corrected chi connectivity index (χ1v) is 35.0. The van der Waals surface area contributed by atoms with Gasteiger partial charge in [-0.15, -0.1) is 0 Å². The van der Waals surface area contributed by atoms with Gasteiger partial charge >= 0.3 is 6.09 Å². The fraction of sp³-hybridized carbons (Fsp3) is 0.600. The van der Waals surface area contributed by atoms with Gasteiger partial charge in [0.15, 0.2) is 35.0 Å². The van der Waals surface area contributed by atoms with E-state index in [1.165, 1.54) is 26.2 Å². The number of benzene rings is 3. The molecule has 7 rings (SSSR count). The number of nitrogens with zero attached hydrogens (tertiary/aromatic N) is 4. The number of methoxy groups -OCH3 is 3. The maximum atomic E-state index is 14.5. The van der Waals surface area contributed by atoms with Crippen LogP contribution in [0.5, 0.6) is 23.0 Å². The zero-order valence-corrected chi connectivity index (χ0v) is 60.2. The fourth-order valence-electron chi connectivity index (χ4n) is 11.6. The molecule has 4 heterocycles. The average molecular weight is 1430 g/mol. The molecular formula is C75H108N6O21. The van der Waals surface area contributed by atoms with Crippen LogP contribution in [0.25, 0.3) is 0 Å². The number of unbranched alkanes of at least 4 members (excludes halogenated alkanes) is 2. The van der Waals surface area contributed by atoms with Gasteiger partial charge in [0, 0.05) is 76.0 Å². The van der Waals surface area contributed by atoms with Crippen molar-refractivity contribution in [2.45, 2.75) is 138 Å². The van der Waals surface area contributed by atoms with Crippen molar-refractivity contribution in [1.29, 1.82) is 0 Å². The molecule has 2 N–H and O–H groups in total. The van der Waals surface area contributed by atoms with E-state index in [0.717, 1.165) is 24.0 Å². The number of hydrogen-bond acceptors (Lipinski definition) is 22. The Labute approximate surface area is 600 Å². The van der Waals surface area contributed by atoms with Crippen LogP contribution in [-0.2, 0) is 79.6 Å². The lowest BCUT2D eigenvalue weighted by atomic mass is 9.88. The first-order valence-electron chi connectivity index (χ1n) is 35.0. The molecule has 0 spiro atoms. The van der Waals surface area contributed by atoms with Crippen molar-refractivity contribution in [2.75, 3.05) is 152 Å². The zero-order valence-electron chi connectivity index (χ0n) is 60.2. The summed E-state index contributed by atoms with van der Waals surface area (Å²) < 4.78 is 80.0. The summed E-state index contributed by atoms with van der Waals surface area (Å²) in [6.45, 7) is 18.4. The predicted molar refractivity (Wildman–Crippen MR) is 381 cm³/mol. The molecule has 0 unspecified atom stereocenters. The number of Topliss-reactive ketones (excluding diaryl/α,β-unsaturated/α-hetero) is 2. The quantitative estimate of drug-likeness (QED) is 0.0498. The Morgan fingerprint density at radius 3 is 1.66 bits per heavy atom. The molecule has 5 atom stereocenters. The Morgan fingerprint density at radius 2 is 1.11 bits per heavy atom. The summed E-state index contributed by atoms with van der Waals surface area (Å²) in [6.07, 6.45) is 7.51. The van der Waals surface area contributed by atoms with E-state index in [1.807, 2.05) is 33.9 Å². The van der Waals surface area contributed by atoms with Crippen molar-refractivity contribution in [3.63, 3.8) is 0 Å². The molecule has 3 aromatic rings. The van der Waals surface area contributed by atoms with Gasteiger partial charge in [0.25, 0.3) is 11.8 Å². The highest BCUT2D eigenvalue weighted by molar-refractivity contribution is 6.07. The van der Waals surface area contributed by atoms with E-state index < -0.39 is 30.3 Å². The average Bonchev–Trinajstić information content (AvgIpc) is 1.59. The Bertz CT molecular complexity index is 3270. The molecule has 0 saturated heterocycles. The van der Waals surface area contributed by atoms with Crippen molar-refractivity contribution < 1.29 is 99.9 Å². The predicted octanol–water partition coefficient (Wildman–Crippen LogP) is 8.95. The minimum absolute atomic E-state index is 0. The maximum Gasteiger partial charge on any atom is 0.416 e. The van der Waals surface area contributed by atoms with Crippen LogP contribution in [0.15, 0.2) is 77.1 Å². The second-order valence-electron chi connectivity index (χ2n) is 25.2. The van der Waals surface area contributed by atoms with E-state index in [0.29, 0.717) is 177 Å². The highest BCUT2D eigenvalue weighted by Gasteiger charge is 2.46. The maximum absolute atomic E-state index is 14.5. The van der Waals surface area contributed by atoms with Gasteiger partial charge in [0.2, 0.25) is 11.8 Å². The van der Waals surface area contributed by atoms with Gasteiger partial charge < -0.3 is 86.7 Å². The molecule has 0 saturated carbocycles. The summed E-state index contributed by atoms with van der Waals surface area (Å²) in [7, 11) is 4.49. The molecule has 0 fully saturated rings. The number of hydrogen-bond donors (Lipinski definition) is 2.